The molecule has 1 atom stereocenters. The van der Waals surface area contributed by atoms with Crippen LogP contribution in [-0.4, -0.2) is 72.2 Å². The number of thioether (sulfide) groups is 1. The number of nitro groups is 1. The monoisotopic (exact) mass is 445 g/mol. The number of methoxy groups -OCH3 is 1. The Morgan fingerprint density at radius 2 is 2.03 bits per heavy atom. The first-order valence-electron chi connectivity index (χ1n) is 8.62. The summed E-state index contributed by atoms with van der Waals surface area (Å²) in [6.45, 7) is 1.00. The van der Waals surface area contributed by atoms with E-state index in [0.29, 0.717) is 10.6 Å². The quantitative estimate of drug-likeness (QED) is 0.386. The van der Waals surface area contributed by atoms with E-state index < -0.39 is 22.7 Å². The van der Waals surface area contributed by atoms with Crippen LogP contribution >= 0.6 is 11.8 Å². The molecule has 1 fully saturated rings. The predicted octanol–water partition coefficient (Wildman–Crippen LogP) is 2.00. The molecule has 0 amide bonds. The zero-order chi connectivity index (χ0) is 21.7. The van der Waals surface area contributed by atoms with Gasteiger partial charge in [0.15, 0.2) is 5.17 Å². The van der Waals surface area contributed by atoms with Gasteiger partial charge in [-0.2, -0.15) is 13.2 Å². The molecule has 30 heavy (non-hydrogen) atoms. The first-order chi connectivity index (χ1) is 14.2. The van der Waals surface area contributed by atoms with Crippen LogP contribution in [0.2, 0.25) is 0 Å². The number of rotatable bonds is 2. The van der Waals surface area contributed by atoms with Crippen molar-refractivity contribution in [2.45, 2.75) is 16.7 Å². The lowest BCUT2D eigenvalue weighted by molar-refractivity contribution is -0.385. The zero-order valence-corrected chi connectivity index (χ0v) is 16.2. The summed E-state index contributed by atoms with van der Waals surface area (Å²) in [4.78, 5) is 33.4. The van der Waals surface area contributed by atoms with Gasteiger partial charge >= 0.3 is 17.8 Å². The van der Waals surface area contributed by atoms with Crippen LogP contribution in [0.25, 0.3) is 0 Å². The standard InChI is InChI=1S/C16H14F3N5O5S/c1-28-12(25)15(16(17,18)19)20-13(22-4-6-29-7-5-22)23-10-3-2-9(24(26)27)8-11(10)30-14(23)21-15/h2-3,8H,4-7H2,1H3/t15-/m0/s1. The maximum absolute atomic E-state index is 14.1. The smallest absolute Gasteiger partial charge is 0.446 e. The highest BCUT2D eigenvalue weighted by atomic mass is 32.2. The number of aliphatic imine (C=N–C) groups is 2. The Morgan fingerprint density at radius 3 is 2.63 bits per heavy atom. The number of nitrogens with zero attached hydrogens (tertiary/aromatic N) is 5. The predicted molar refractivity (Wildman–Crippen MR) is 99.5 cm³/mol. The van der Waals surface area contributed by atoms with Gasteiger partial charge in [-0.05, 0) is 17.8 Å². The van der Waals surface area contributed by atoms with Crippen molar-refractivity contribution in [1.29, 1.82) is 0 Å². The summed E-state index contributed by atoms with van der Waals surface area (Å²) in [7, 11) is 0.826. The largest absolute Gasteiger partial charge is 0.465 e. The molecule has 0 unspecified atom stereocenters. The van der Waals surface area contributed by atoms with Gasteiger partial charge in [-0.1, -0.05) is 0 Å². The Hall–Kier alpha value is -2.87. The molecular formula is C16H14F3N5O5S. The summed E-state index contributed by atoms with van der Waals surface area (Å²) in [5.41, 5.74) is -3.31. The molecule has 10 nitrogen and oxygen atoms in total. The van der Waals surface area contributed by atoms with E-state index >= 15 is 0 Å². The van der Waals surface area contributed by atoms with Gasteiger partial charge in [0.1, 0.15) is 0 Å². The second-order valence-corrected chi connectivity index (χ2v) is 7.42. The van der Waals surface area contributed by atoms with Crippen molar-refractivity contribution in [3.05, 3.63) is 28.3 Å². The highest BCUT2D eigenvalue weighted by molar-refractivity contribution is 8.15. The van der Waals surface area contributed by atoms with Gasteiger partial charge in [0.25, 0.3) is 5.69 Å². The molecule has 0 saturated carbocycles. The van der Waals surface area contributed by atoms with Crippen LogP contribution in [0.3, 0.4) is 0 Å². The maximum Gasteiger partial charge on any atom is 0.446 e. The van der Waals surface area contributed by atoms with Crippen molar-refractivity contribution in [3.8, 4) is 0 Å². The number of amidine groups is 1. The fourth-order valence-corrected chi connectivity index (χ4v) is 4.30. The van der Waals surface area contributed by atoms with E-state index in [4.69, 9.17) is 4.74 Å². The van der Waals surface area contributed by atoms with Crippen molar-refractivity contribution in [1.82, 2.24) is 4.90 Å². The number of fused-ring (bicyclic) bond motifs is 3. The number of nitro benzene ring substituents is 1. The lowest BCUT2D eigenvalue weighted by Gasteiger charge is -2.39. The minimum absolute atomic E-state index is 0.147. The molecule has 1 saturated heterocycles. The number of carbonyl (C=O) groups excluding carboxylic acids is 1. The molecule has 0 bridgehead atoms. The number of ether oxygens (including phenoxy) is 2. The van der Waals surface area contributed by atoms with Crippen LogP contribution in [0.15, 0.2) is 33.1 Å². The molecule has 14 heteroatoms. The number of carbonyl (C=O) groups is 1. The summed E-state index contributed by atoms with van der Waals surface area (Å²) in [6, 6.07) is 3.90. The molecule has 3 aliphatic heterocycles. The second kappa shape index (κ2) is 7.12. The molecule has 0 radical (unpaired) electrons. The number of alkyl halides is 3. The Balaban J connectivity index is 1.90. The summed E-state index contributed by atoms with van der Waals surface area (Å²) < 4.78 is 51.8. The SMILES string of the molecule is COC(=O)[C@@]1(C(F)(F)F)N=C2Sc3cc([N+](=O)[O-])ccc3N2C(N2CCOCC2)=N1. The average molecular weight is 445 g/mol. The average Bonchev–Trinajstić information content (AvgIpc) is 3.09. The molecule has 0 aromatic heterocycles. The van der Waals surface area contributed by atoms with Crippen LogP contribution in [0.5, 0.6) is 0 Å². The van der Waals surface area contributed by atoms with E-state index in [9.17, 15) is 28.1 Å². The van der Waals surface area contributed by atoms with Gasteiger partial charge in [-0.3, -0.25) is 15.0 Å². The Bertz CT molecular complexity index is 979. The summed E-state index contributed by atoms with van der Waals surface area (Å²) in [5.74, 6) is -1.82. The normalized spacial score (nSPS) is 23.3. The van der Waals surface area contributed by atoms with Gasteiger partial charge in [0, 0.05) is 30.1 Å². The number of anilines is 1. The molecule has 0 N–H and O–H groups in total. The molecule has 1 aromatic carbocycles. The van der Waals surface area contributed by atoms with E-state index in [-0.39, 0.29) is 43.1 Å². The van der Waals surface area contributed by atoms with Crippen molar-refractivity contribution in [2.75, 3.05) is 38.3 Å². The van der Waals surface area contributed by atoms with Crippen molar-refractivity contribution in [2.24, 2.45) is 9.98 Å². The number of halogens is 3. The number of hydrogen-bond donors (Lipinski definition) is 0. The third-order valence-corrected chi connectivity index (χ3v) is 5.67. The van der Waals surface area contributed by atoms with Crippen LogP contribution < -0.4 is 4.90 Å². The van der Waals surface area contributed by atoms with E-state index in [2.05, 4.69) is 14.7 Å². The fraction of sp³-hybridized carbons (Fsp3) is 0.438. The maximum atomic E-state index is 14.1. The third kappa shape index (κ3) is 3.06. The zero-order valence-electron chi connectivity index (χ0n) is 15.4. The van der Waals surface area contributed by atoms with Crippen molar-refractivity contribution in [3.63, 3.8) is 0 Å². The number of guanidine groups is 1. The molecule has 0 spiro atoms. The molecular weight excluding hydrogens is 431 g/mol. The summed E-state index contributed by atoms with van der Waals surface area (Å²) in [5, 5.41) is 10.9. The minimum Gasteiger partial charge on any atom is -0.465 e. The molecule has 3 aliphatic rings. The Labute approximate surface area is 171 Å². The van der Waals surface area contributed by atoms with Gasteiger partial charge in [-0.15, -0.1) is 0 Å². The van der Waals surface area contributed by atoms with E-state index in [1.54, 1.807) is 4.90 Å². The van der Waals surface area contributed by atoms with E-state index in [1.807, 2.05) is 0 Å². The lowest BCUT2D eigenvalue weighted by Crippen LogP contribution is -2.59. The third-order valence-electron chi connectivity index (χ3n) is 4.67. The highest BCUT2D eigenvalue weighted by Gasteiger charge is 2.66. The number of morpholine rings is 1. The number of benzene rings is 1. The first kappa shape index (κ1) is 20.4. The molecule has 0 aliphatic carbocycles. The Morgan fingerprint density at radius 1 is 1.33 bits per heavy atom. The van der Waals surface area contributed by atoms with Crippen LogP contribution in [0.4, 0.5) is 24.5 Å². The number of esters is 1. The van der Waals surface area contributed by atoms with Crippen LogP contribution in [0, 0.1) is 10.1 Å². The highest BCUT2D eigenvalue weighted by Crippen LogP contribution is 2.48. The van der Waals surface area contributed by atoms with E-state index in [0.717, 1.165) is 18.9 Å². The topological polar surface area (TPSA) is 110 Å². The molecule has 4 rings (SSSR count). The van der Waals surface area contributed by atoms with Crippen molar-refractivity contribution >= 4 is 40.2 Å². The number of non-ortho nitro benzene ring substituents is 1. The second-order valence-electron chi connectivity index (χ2n) is 6.41. The summed E-state index contributed by atoms with van der Waals surface area (Å²) in [6.07, 6.45) is -5.17. The van der Waals surface area contributed by atoms with Gasteiger partial charge in [-0.25, -0.2) is 14.8 Å². The molecule has 160 valence electrons. The summed E-state index contributed by atoms with van der Waals surface area (Å²) >= 11 is 0.791. The van der Waals surface area contributed by atoms with Crippen molar-refractivity contribution < 1.29 is 32.4 Å². The van der Waals surface area contributed by atoms with E-state index in [1.165, 1.54) is 23.1 Å². The van der Waals surface area contributed by atoms with Crippen LogP contribution in [0.1, 0.15) is 0 Å². The molecule has 3 heterocycles. The first-order valence-corrected chi connectivity index (χ1v) is 9.43. The Kier molecular flexibility index (Phi) is 4.85. The molecule has 1 aromatic rings. The minimum atomic E-state index is -5.17. The fourth-order valence-electron chi connectivity index (χ4n) is 3.21. The van der Waals surface area contributed by atoms with Gasteiger partial charge in [0.05, 0.1) is 30.9 Å². The van der Waals surface area contributed by atoms with Gasteiger partial charge < -0.3 is 14.4 Å². The van der Waals surface area contributed by atoms with Crippen LogP contribution in [-0.2, 0) is 14.3 Å². The van der Waals surface area contributed by atoms with Gasteiger partial charge in [0.2, 0.25) is 5.96 Å². The number of hydrogen-bond acceptors (Lipinski definition) is 10. The lowest BCUT2D eigenvalue weighted by atomic mass is 10.1.